The fourth-order valence-electron chi connectivity index (χ4n) is 12.2. The highest BCUT2D eigenvalue weighted by molar-refractivity contribution is 7.50. The molecular formula is C95H134N11O27P. The summed E-state index contributed by atoms with van der Waals surface area (Å²) >= 11 is 0. The maximum Gasteiger partial charge on any atom is 0.338 e. The number of ether oxygens (including phenoxy) is 12. The Labute approximate surface area is 781 Å². The van der Waals surface area contributed by atoms with Crippen LogP contribution in [0.3, 0.4) is 0 Å². The summed E-state index contributed by atoms with van der Waals surface area (Å²) in [6.45, 7) is 38.2. The van der Waals surface area contributed by atoms with Crippen LogP contribution in [0.15, 0.2) is 209 Å². The lowest BCUT2D eigenvalue weighted by atomic mass is 10.0. The average molecular weight is 1890 g/mol. The molecular weight excluding hydrogens is 1760 g/mol. The first-order valence-electron chi connectivity index (χ1n) is 43.9. The average Bonchev–Trinajstić information content (AvgIpc) is 0.831. The summed E-state index contributed by atoms with van der Waals surface area (Å²) in [7, 11) is 7.18. The second kappa shape index (κ2) is 63.3. The number of H-pyrrole nitrogens is 4. The number of carbonyl (C=O) groups excluding carboxylic acids is 6. The van der Waals surface area contributed by atoms with Gasteiger partial charge in [-0.05, 0) is 123 Å². The van der Waals surface area contributed by atoms with Gasteiger partial charge in [0, 0.05) is 121 Å². The normalized spacial score (nSPS) is 13.7. The van der Waals surface area contributed by atoms with Gasteiger partial charge in [-0.3, -0.25) is 71.6 Å². The number of carbonyl (C=O) groups is 6. The number of rotatable bonds is 47. The minimum Gasteiger partial charge on any atom is -0.457 e. The molecule has 4 aromatic carbocycles. The first-order chi connectivity index (χ1) is 63.8. The molecule has 0 saturated heterocycles. The Morgan fingerprint density at radius 3 is 1.08 bits per heavy atom. The maximum atomic E-state index is 12.4. The Bertz CT molecular complexity index is 5180. The molecule has 11 atom stereocenters. The van der Waals surface area contributed by atoms with Gasteiger partial charge in [-0.1, -0.05) is 128 Å². The van der Waals surface area contributed by atoms with Crippen molar-refractivity contribution in [3.8, 4) is 0 Å². The minimum absolute atomic E-state index is 0.0413. The van der Waals surface area contributed by atoms with Crippen LogP contribution in [0.25, 0.3) is 4.85 Å². The molecule has 5 N–H and O–H groups in total. The number of aromatic amines is 4. The smallest absolute Gasteiger partial charge is 0.338 e. The van der Waals surface area contributed by atoms with Gasteiger partial charge in [-0.15, -0.1) is 0 Å². The number of ketones is 1. The van der Waals surface area contributed by atoms with E-state index in [-0.39, 0.29) is 55.7 Å². The van der Waals surface area contributed by atoms with Gasteiger partial charge in [0.2, 0.25) is 12.5 Å². The highest BCUT2D eigenvalue weighted by Crippen LogP contribution is 2.49. The Balaban J connectivity index is 0.000000423. The summed E-state index contributed by atoms with van der Waals surface area (Å²) in [5, 5.41) is 2.47. The predicted octanol–water partition coefficient (Wildman–Crippen LogP) is 11.0. The van der Waals surface area contributed by atoms with Gasteiger partial charge in [0.1, 0.15) is 46.1 Å². The number of benzene rings is 4. The lowest BCUT2D eigenvalue weighted by Crippen LogP contribution is -2.42. The molecule has 134 heavy (non-hydrogen) atoms. The van der Waals surface area contributed by atoms with Gasteiger partial charge >= 0.3 is 46.6 Å². The van der Waals surface area contributed by atoms with E-state index < -0.39 is 120 Å². The zero-order valence-corrected chi connectivity index (χ0v) is 81.1. The van der Waals surface area contributed by atoms with Crippen molar-refractivity contribution in [1.29, 1.82) is 0 Å². The van der Waals surface area contributed by atoms with Crippen molar-refractivity contribution in [2.24, 2.45) is 5.92 Å². The molecule has 8 aromatic rings. The summed E-state index contributed by atoms with van der Waals surface area (Å²) in [6.07, 6.45) is 2.18. The van der Waals surface area contributed by atoms with Crippen LogP contribution in [0.4, 0.5) is 0 Å². The van der Waals surface area contributed by atoms with Crippen molar-refractivity contribution in [2.45, 2.75) is 221 Å². The van der Waals surface area contributed by atoms with Crippen molar-refractivity contribution in [1.82, 2.24) is 48.2 Å². The summed E-state index contributed by atoms with van der Waals surface area (Å²) in [5.74, 6) is -2.02. The van der Waals surface area contributed by atoms with E-state index in [1.165, 1.54) is 67.3 Å². The van der Waals surface area contributed by atoms with Crippen molar-refractivity contribution in [3.05, 3.63) is 287 Å². The SMILES string of the molecule is CCC(COC)OC([C@@H](C)OC(=O)c1ccccc1)n1ccc(=O)[nH]c1=O.CCC(COC)OC([C@H](C)OC(=O)c1ccccc1)n1ccc(=O)[nH]c1=O.CC[C@@H](COC)O[C@H](COC(=O)c1ccccc1)n1ccc(=O)[nH]c1=O.CC[C@](C)(COC)OC(COC(=O)c1ccccc1)n1ccc(=O)[nH]c1=O.CNC(=O)CCC(=O)C(C)C.[C-]#[N+]CCOP(C(C)C)N(C(C)C)C(C)C. The van der Waals surface area contributed by atoms with Gasteiger partial charge in [-0.2, -0.15) is 0 Å². The molecule has 4 aromatic heterocycles. The lowest BCUT2D eigenvalue weighted by Gasteiger charge is -2.38. The number of hydrogen-bond acceptors (Lipinski definition) is 28. The number of hydrogen-bond donors (Lipinski definition) is 5. The summed E-state index contributed by atoms with van der Waals surface area (Å²) in [4.78, 5) is 177. The number of Topliss-reactive ketones (excluding diaryl/α,β-unsaturated/α-hetero) is 1. The molecule has 38 nitrogen and oxygen atoms in total. The van der Waals surface area contributed by atoms with Gasteiger partial charge in [-0.25, -0.2) is 44.9 Å². The summed E-state index contributed by atoms with van der Waals surface area (Å²) in [6, 6.07) is 39.9. The van der Waals surface area contributed by atoms with Crippen molar-refractivity contribution >= 4 is 43.9 Å². The third kappa shape index (κ3) is 42.2. The monoisotopic (exact) mass is 1890 g/mol. The molecule has 4 heterocycles. The molecule has 0 aliphatic carbocycles. The van der Waals surface area contributed by atoms with Crippen LogP contribution >= 0.6 is 8.30 Å². The second-order valence-electron chi connectivity index (χ2n) is 31.3. The topological polar surface area (TPSA) is 461 Å². The van der Waals surface area contributed by atoms with Crippen LogP contribution in [-0.4, -0.2) is 221 Å². The molecule has 0 bridgehead atoms. The molecule has 736 valence electrons. The number of aromatic nitrogens is 8. The zero-order valence-electron chi connectivity index (χ0n) is 80.2. The van der Waals surface area contributed by atoms with Crippen LogP contribution in [0.1, 0.15) is 209 Å². The Morgan fingerprint density at radius 1 is 0.448 bits per heavy atom. The Hall–Kier alpha value is -11.9. The highest BCUT2D eigenvalue weighted by Gasteiger charge is 2.34. The number of amides is 1. The van der Waals surface area contributed by atoms with E-state index in [1.54, 1.807) is 171 Å². The molecule has 0 aliphatic heterocycles. The Kier molecular flexibility index (Phi) is 55.0. The maximum absolute atomic E-state index is 12.4. The van der Waals surface area contributed by atoms with E-state index in [1.807, 2.05) is 48.5 Å². The standard InChI is InChI=1S/3C19H24N2O6.C18H22N2O6.C12H25N2OP.C8H15NO2/c1-4-19(2,13-25-3)27-16(21-11-10-15(22)20-18(21)24)12-26-17(23)14-8-6-5-7-9-14;2*1-4-15(12-25-3)27-17(21-11-10-16(22)20-19(21)24)13(2)26-18(23)14-8-6-5-7-9-14;1-3-14(11-24-2)26-16(20-10-9-15(21)19-18(20)23)12-25-17(22)13-7-5-4-6-8-13;1-10(2)14(11(3)4)16(12(5)6)15-9-8-13-7;1-6(2)7(10)4-5-8(11)9-3/h5-11,16H,4,12-13H2,1-3H3,(H,20,22,24);2*5-11,13,15,17H,4,12H2,1-3H3,(H,20,22,24);4-10,14,16H,3,11-12H2,1-2H3,(H,19,21,23);10-12H,8-9H2,1-6H3;6H,4-5H2,1-3H3,(H,9,11)/t16?,19-;2*13-,15?,17?;14-,16+;;/m1100../s1. The number of esters is 4. The van der Waals surface area contributed by atoms with Gasteiger partial charge in [0.25, 0.3) is 22.2 Å². The van der Waals surface area contributed by atoms with Crippen LogP contribution in [-0.2, 0) is 71.0 Å². The fraction of sp³-hybridized carbons (Fsp3) is 0.505. The third-order valence-electron chi connectivity index (χ3n) is 19.4. The van der Waals surface area contributed by atoms with Crippen molar-refractivity contribution < 1.29 is 90.1 Å². The molecule has 0 fully saturated rings. The van der Waals surface area contributed by atoms with Crippen LogP contribution in [0.5, 0.6) is 0 Å². The molecule has 0 aliphatic rings. The molecule has 0 spiro atoms. The first kappa shape index (κ1) is 116. The molecule has 1 amide bonds. The molecule has 0 saturated carbocycles. The van der Waals surface area contributed by atoms with Crippen LogP contribution in [0.2, 0.25) is 0 Å². The molecule has 8 rings (SSSR count). The second-order valence-corrected chi connectivity index (χ2v) is 33.7. The van der Waals surface area contributed by atoms with Gasteiger partial charge < -0.3 is 71.5 Å². The molecule has 0 radical (unpaired) electrons. The number of nitrogens with one attached hydrogen (secondary N) is 5. The quantitative estimate of drug-likeness (QED) is 0.00777. The number of methoxy groups -OCH3 is 4. The van der Waals surface area contributed by atoms with E-state index >= 15 is 0 Å². The molecule has 39 heteroatoms. The lowest BCUT2D eigenvalue weighted by molar-refractivity contribution is -0.160. The van der Waals surface area contributed by atoms with E-state index in [4.69, 9.17) is 67.9 Å². The van der Waals surface area contributed by atoms with E-state index in [2.05, 4.69) is 76.3 Å². The minimum atomic E-state index is -0.929. The highest BCUT2D eigenvalue weighted by atomic mass is 31.2. The van der Waals surface area contributed by atoms with Gasteiger partial charge in [0.15, 0.2) is 24.9 Å². The largest absolute Gasteiger partial charge is 0.457 e. The summed E-state index contributed by atoms with van der Waals surface area (Å²) < 4.78 is 79.2. The number of nitrogens with zero attached hydrogens (tertiary/aromatic N) is 6. The van der Waals surface area contributed by atoms with Crippen LogP contribution in [0, 0.1) is 12.5 Å². The van der Waals surface area contributed by atoms with E-state index in [0.717, 1.165) is 0 Å². The predicted molar refractivity (Wildman–Crippen MR) is 505 cm³/mol. The van der Waals surface area contributed by atoms with E-state index in [9.17, 15) is 67.1 Å². The summed E-state index contributed by atoms with van der Waals surface area (Å²) in [5.41, 5.74) is -3.33. The molecule has 6 unspecified atom stereocenters. The first-order valence-corrected chi connectivity index (χ1v) is 45.2. The van der Waals surface area contributed by atoms with Crippen molar-refractivity contribution in [2.75, 3.05) is 88.3 Å². The fourth-order valence-corrected chi connectivity index (χ4v) is 14.4. The van der Waals surface area contributed by atoms with Gasteiger partial charge in [0.05, 0.1) is 72.6 Å². The zero-order chi connectivity index (χ0) is 100.0. The Morgan fingerprint density at radius 2 is 0.784 bits per heavy atom. The van der Waals surface area contributed by atoms with Crippen molar-refractivity contribution in [3.63, 3.8) is 0 Å². The van der Waals surface area contributed by atoms with Crippen LogP contribution < -0.4 is 50.3 Å². The third-order valence-corrected chi connectivity index (χ3v) is 22.2. The van der Waals surface area contributed by atoms with E-state index in [0.29, 0.717) is 111 Å².